The number of fused-ring (bicyclic) bond motifs is 1. The number of nitrogens with zero attached hydrogens (tertiary/aromatic N) is 2. The number of hydrogen-bond donors (Lipinski definition) is 2. The summed E-state index contributed by atoms with van der Waals surface area (Å²) in [5.41, 5.74) is 3.50. The van der Waals surface area contributed by atoms with Crippen molar-refractivity contribution in [3.63, 3.8) is 0 Å². The summed E-state index contributed by atoms with van der Waals surface area (Å²) < 4.78 is 0. The van der Waals surface area contributed by atoms with Crippen LogP contribution in [-0.4, -0.2) is 15.9 Å². The molecule has 0 saturated carbocycles. The van der Waals surface area contributed by atoms with Gasteiger partial charge in [-0.3, -0.25) is 4.79 Å². The molecule has 0 saturated heterocycles. The van der Waals surface area contributed by atoms with Gasteiger partial charge in [-0.15, -0.1) is 0 Å². The minimum absolute atomic E-state index is 0.147. The fourth-order valence-electron chi connectivity index (χ4n) is 2.08. The molecule has 2 aromatic carbocycles. The second kappa shape index (κ2) is 5.47. The van der Waals surface area contributed by atoms with E-state index in [-0.39, 0.29) is 12.3 Å². The second-order valence-electron chi connectivity index (χ2n) is 4.56. The number of amides is 1. The van der Waals surface area contributed by atoms with Gasteiger partial charge in [0, 0.05) is 11.3 Å². The van der Waals surface area contributed by atoms with Crippen LogP contribution in [0.1, 0.15) is 6.42 Å². The maximum atomic E-state index is 11.3. The molecule has 5 nitrogen and oxygen atoms in total. The highest BCUT2D eigenvalue weighted by molar-refractivity contribution is 5.92. The normalized spacial score (nSPS) is 10.2. The zero-order valence-electron chi connectivity index (χ0n) is 11.1. The van der Waals surface area contributed by atoms with Crippen molar-refractivity contribution in [3.8, 4) is 17.5 Å². The fourth-order valence-corrected chi connectivity index (χ4v) is 2.08. The number of rotatable bonds is 3. The molecule has 0 aliphatic rings. The Hall–Kier alpha value is -3.13. The van der Waals surface area contributed by atoms with E-state index >= 15 is 0 Å². The molecule has 102 valence electrons. The van der Waals surface area contributed by atoms with Gasteiger partial charge in [0.25, 0.3) is 0 Å². The number of benzene rings is 2. The Balaban J connectivity index is 1.83. The maximum Gasteiger partial charge on any atom is 0.238 e. The van der Waals surface area contributed by atoms with Crippen LogP contribution in [0.4, 0.5) is 5.69 Å². The topological polar surface area (TPSA) is 81.6 Å². The van der Waals surface area contributed by atoms with E-state index in [1.54, 1.807) is 12.1 Å². The second-order valence-corrected chi connectivity index (χ2v) is 4.56. The van der Waals surface area contributed by atoms with Crippen molar-refractivity contribution < 1.29 is 4.79 Å². The third-order valence-electron chi connectivity index (χ3n) is 3.07. The Kier molecular flexibility index (Phi) is 3.36. The molecule has 0 fully saturated rings. The van der Waals surface area contributed by atoms with Gasteiger partial charge in [0.1, 0.15) is 12.2 Å². The van der Waals surface area contributed by atoms with E-state index < -0.39 is 0 Å². The maximum absolute atomic E-state index is 11.3. The quantitative estimate of drug-likeness (QED) is 0.771. The van der Waals surface area contributed by atoms with Gasteiger partial charge in [0.2, 0.25) is 5.91 Å². The molecule has 0 spiro atoms. The molecule has 0 aliphatic heterocycles. The Bertz CT molecular complexity index is 794. The van der Waals surface area contributed by atoms with Crippen LogP contribution in [0.25, 0.3) is 22.4 Å². The average molecular weight is 276 g/mol. The minimum Gasteiger partial charge on any atom is -0.338 e. The van der Waals surface area contributed by atoms with Crippen LogP contribution in [0.5, 0.6) is 0 Å². The lowest BCUT2D eigenvalue weighted by Gasteiger charge is -2.03. The van der Waals surface area contributed by atoms with Gasteiger partial charge in [-0.1, -0.05) is 12.1 Å². The SMILES string of the molecule is N#CCC(=O)Nc1ccc(-c2nc3ccccc3[nH]2)cc1. The highest BCUT2D eigenvalue weighted by Crippen LogP contribution is 2.21. The van der Waals surface area contributed by atoms with Crippen LogP contribution < -0.4 is 5.32 Å². The van der Waals surface area contributed by atoms with Crippen molar-refractivity contribution in [3.05, 3.63) is 48.5 Å². The van der Waals surface area contributed by atoms with Gasteiger partial charge in [-0.05, 0) is 36.4 Å². The van der Waals surface area contributed by atoms with E-state index in [9.17, 15) is 4.79 Å². The molecule has 0 aliphatic carbocycles. The first-order chi connectivity index (χ1) is 10.3. The summed E-state index contributed by atoms with van der Waals surface area (Å²) in [6.45, 7) is 0. The number of para-hydroxylation sites is 2. The average Bonchev–Trinajstić information content (AvgIpc) is 2.92. The van der Waals surface area contributed by atoms with E-state index in [0.29, 0.717) is 5.69 Å². The molecule has 0 unspecified atom stereocenters. The summed E-state index contributed by atoms with van der Waals surface area (Å²) >= 11 is 0. The van der Waals surface area contributed by atoms with Crippen LogP contribution in [0.3, 0.4) is 0 Å². The zero-order valence-corrected chi connectivity index (χ0v) is 11.1. The number of imidazole rings is 1. The van der Waals surface area contributed by atoms with Crippen LogP contribution in [0, 0.1) is 11.3 Å². The first kappa shape index (κ1) is 12.9. The van der Waals surface area contributed by atoms with Crippen molar-refractivity contribution in [2.75, 3.05) is 5.32 Å². The van der Waals surface area contributed by atoms with Crippen molar-refractivity contribution in [1.82, 2.24) is 9.97 Å². The number of anilines is 1. The van der Waals surface area contributed by atoms with Crippen LogP contribution >= 0.6 is 0 Å². The summed E-state index contributed by atoms with van der Waals surface area (Å²) in [6.07, 6.45) is -0.147. The Morgan fingerprint density at radius 2 is 1.95 bits per heavy atom. The number of hydrogen-bond acceptors (Lipinski definition) is 3. The van der Waals surface area contributed by atoms with E-state index in [4.69, 9.17) is 5.26 Å². The van der Waals surface area contributed by atoms with Gasteiger partial charge < -0.3 is 10.3 Å². The first-order valence-electron chi connectivity index (χ1n) is 6.48. The first-order valence-corrected chi connectivity index (χ1v) is 6.48. The summed E-state index contributed by atoms with van der Waals surface area (Å²) in [5, 5.41) is 11.1. The van der Waals surface area contributed by atoms with Gasteiger partial charge in [-0.25, -0.2) is 4.98 Å². The number of H-pyrrole nitrogens is 1. The Morgan fingerprint density at radius 3 is 2.67 bits per heavy atom. The molecule has 1 amide bonds. The standard InChI is InChI=1S/C16H12N4O/c17-10-9-15(21)18-12-7-5-11(6-8-12)16-19-13-3-1-2-4-14(13)20-16/h1-8H,9H2,(H,18,21)(H,19,20). The molecule has 0 atom stereocenters. The van der Waals surface area contributed by atoms with Crippen molar-refractivity contribution >= 4 is 22.6 Å². The molecule has 1 heterocycles. The van der Waals surface area contributed by atoms with Crippen LogP contribution in [0.2, 0.25) is 0 Å². The van der Waals surface area contributed by atoms with Gasteiger partial charge in [0.15, 0.2) is 0 Å². The van der Waals surface area contributed by atoms with Crippen molar-refractivity contribution in [1.29, 1.82) is 5.26 Å². The lowest BCUT2D eigenvalue weighted by molar-refractivity contribution is -0.115. The Morgan fingerprint density at radius 1 is 1.19 bits per heavy atom. The van der Waals surface area contributed by atoms with Gasteiger partial charge in [-0.2, -0.15) is 5.26 Å². The molecule has 3 rings (SSSR count). The fraction of sp³-hybridized carbons (Fsp3) is 0.0625. The summed E-state index contributed by atoms with van der Waals surface area (Å²) in [5.74, 6) is 0.472. The number of nitriles is 1. The predicted octanol–water partition coefficient (Wildman–Crippen LogP) is 3.08. The molecule has 0 radical (unpaired) electrons. The van der Waals surface area contributed by atoms with E-state index in [0.717, 1.165) is 22.4 Å². The van der Waals surface area contributed by atoms with Gasteiger partial charge in [0.05, 0.1) is 17.1 Å². The molecular formula is C16H12N4O. The predicted molar refractivity (Wildman–Crippen MR) is 80.4 cm³/mol. The summed E-state index contributed by atoms with van der Waals surface area (Å²) in [6, 6.07) is 17.0. The van der Waals surface area contributed by atoms with E-state index in [1.807, 2.05) is 42.5 Å². The molecular weight excluding hydrogens is 264 g/mol. The van der Waals surface area contributed by atoms with Crippen molar-refractivity contribution in [2.24, 2.45) is 0 Å². The third-order valence-corrected chi connectivity index (χ3v) is 3.07. The number of carbonyl (C=O) groups is 1. The highest BCUT2D eigenvalue weighted by atomic mass is 16.1. The van der Waals surface area contributed by atoms with E-state index in [2.05, 4.69) is 15.3 Å². The van der Waals surface area contributed by atoms with Gasteiger partial charge >= 0.3 is 0 Å². The molecule has 2 N–H and O–H groups in total. The monoisotopic (exact) mass is 276 g/mol. The van der Waals surface area contributed by atoms with E-state index in [1.165, 1.54) is 0 Å². The third kappa shape index (κ3) is 2.74. The van der Waals surface area contributed by atoms with Crippen LogP contribution in [-0.2, 0) is 4.79 Å². The van der Waals surface area contributed by atoms with Crippen molar-refractivity contribution in [2.45, 2.75) is 6.42 Å². The van der Waals surface area contributed by atoms with Crippen LogP contribution in [0.15, 0.2) is 48.5 Å². The lowest BCUT2D eigenvalue weighted by Crippen LogP contribution is -2.09. The number of aromatic amines is 1. The summed E-state index contributed by atoms with van der Waals surface area (Å²) in [7, 11) is 0. The number of nitrogens with one attached hydrogen (secondary N) is 2. The lowest BCUT2D eigenvalue weighted by atomic mass is 10.2. The summed E-state index contributed by atoms with van der Waals surface area (Å²) in [4.78, 5) is 19.1. The highest BCUT2D eigenvalue weighted by Gasteiger charge is 2.05. The smallest absolute Gasteiger partial charge is 0.238 e. The zero-order chi connectivity index (χ0) is 14.7. The minimum atomic E-state index is -0.311. The molecule has 0 bridgehead atoms. The number of carbonyl (C=O) groups excluding carboxylic acids is 1. The number of aromatic nitrogens is 2. The molecule has 3 aromatic rings. The molecule has 21 heavy (non-hydrogen) atoms. The largest absolute Gasteiger partial charge is 0.338 e. The molecule has 1 aromatic heterocycles. The molecule has 5 heteroatoms. The Labute approximate surface area is 121 Å².